The molecule has 0 amide bonds. The van der Waals surface area contributed by atoms with Crippen molar-refractivity contribution in [2.75, 3.05) is 0 Å². The summed E-state index contributed by atoms with van der Waals surface area (Å²) in [7, 11) is 0. The number of nitrogens with zero attached hydrogens (tertiary/aromatic N) is 1. The summed E-state index contributed by atoms with van der Waals surface area (Å²) in [6.45, 7) is 6.21. The number of hydrogen-bond donors (Lipinski definition) is 0. The lowest BCUT2D eigenvalue weighted by Gasteiger charge is -2.00. The number of rotatable bonds is 4. The van der Waals surface area contributed by atoms with E-state index in [9.17, 15) is 0 Å². The average molecular weight is 400 g/mol. The van der Waals surface area contributed by atoms with E-state index < -0.39 is 0 Å². The molecule has 0 spiro atoms. The molecule has 0 saturated carbocycles. The SMILES string of the molecule is Cc1ccc(Sc2oc(C=Nc3cc(C)ccc3C)cc2Br)cc1. The summed E-state index contributed by atoms with van der Waals surface area (Å²) < 4.78 is 6.85. The van der Waals surface area contributed by atoms with E-state index in [1.807, 2.05) is 6.07 Å². The molecule has 0 aliphatic rings. The zero-order chi connectivity index (χ0) is 17.1. The number of aryl methyl sites for hydroxylation is 3. The van der Waals surface area contributed by atoms with E-state index in [4.69, 9.17) is 4.42 Å². The van der Waals surface area contributed by atoms with Crippen LogP contribution < -0.4 is 0 Å². The Hall–Kier alpha value is -1.78. The first-order valence-electron chi connectivity index (χ1n) is 7.66. The molecule has 0 saturated heterocycles. The highest BCUT2D eigenvalue weighted by Gasteiger charge is 2.10. The summed E-state index contributed by atoms with van der Waals surface area (Å²) in [6.07, 6.45) is 1.77. The Labute approximate surface area is 155 Å². The first-order valence-corrected chi connectivity index (χ1v) is 9.27. The maximum absolute atomic E-state index is 5.91. The zero-order valence-corrected chi connectivity index (χ0v) is 16.2. The Bertz CT molecular complexity index is 881. The van der Waals surface area contributed by atoms with Gasteiger partial charge in [-0.2, -0.15) is 0 Å². The second kappa shape index (κ2) is 7.41. The van der Waals surface area contributed by atoms with Gasteiger partial charge in [0.1, 0.15) is 5.76 Å². The molecule has 1 heterocycles. The van der Waals surface area contributed by atoms with Crippen LogP contribution in [0.15, 0.2) is 72.4 Å². The summed E-state index contributed by atoms with van der Waals surface area (Å²) >= 11 is 5.16. The van der Waals surface area contributed by atoms with E-state index in [0.29, 0.717) is 0 Å². The summed E-state index contributed by atoms with van der Waals surface area (Å²) in [4.78, 5) is 5.71. The van der Waals surface area contributed by atoms with Crippen LogP contribution in [0.4, 0.5) is 5.69 Å². The molecule has 2 nitrogen and oxygen atoms in total. The van der Waals surface area contributed by atoms with Crippen LogP contribution in [0.3, 0.4) is 0 Å². The molecule has 0 atom stereocenters. The van der Waals surface area contributed by atoms with Crippen molar-refractivity contribution in [1.82, 2.24) is 0 Å². The quantitative estimate of drug-likeness (QED) is 0.447. The smallest absolute Gasteiger partial charge is 0.179 e. The van der Waals surface area contributed by atoms with E-state index in [-0.39, 0.29) is 0 Å². The highest BCUT2D eigenvalue weighted by Crippen LogP contribution is 2.35. The molecule has 0 N–H and O–H groups in total. The first-order chi connectivity index (χ1) is 11.5. The third-order valence-electron chi connectivity index (χ3n) is 3.60. The van der Waals surface area contributed by atoms with Crippen molar-refractivity contribution in [3.63, 3.8) is 0 Å². The van der Waals surface area contributed by atoms with Crippen molar-refractivity contribution in [2.24, 2.45) is 4.99 Å². The molecular formula is C20H18BrNOS. The fourth-order valence-corrected chi connectivity index (χ4v) is 3.54. The highest BCUT2D eigenvalue weighted by atomic mass is 79.9. The van der Waals surface area contributed by atoms with Crippen molar-refractivity contribution in [3.8, 4) is 0 Å². The Morgan fingerprint density at radius 3 is 2.42 bits per heavy atom. The molecule has 0 radical (unpaired) electrons. The third-order valence-corrected chi connectivity index (χ3v) is 5.45. The molecule has 3 rings (SSSR count). The second-order valence-electron chi connectivity index (χ2n) is 5.75. The van der Waals surface area contributed by atoms with Gasteiger partial charge in [0.25, 0.3) is 0 Å². The van der Waals surface area contributed by atoms with Crippen LogP contribution in [0.1, 0.15) is 22.5 Å². The zero-order valence-electron chi connectivity index (χ0n) is 13.8. The molecule has 0 aliphatic heterocycles. The van der Waals surface area contributed by atoms with Crippen molar-refractivity contribution in [2.45, 2.75) is 30.8 Å². The van der Waals surface area contributed by atoms with Crippen molar-refractivity contribution >= 4 is 39.6 Å². The van der Waals surface area contributed by atoms with E-state index in [2.05, 4.69) is 84.2 Å². The molecule has 0 aliphatic carbocycles. The van der Waals surface area contributed by atoms with Crippen molar-refractivity contribution in [3.05, 3.63) is 75.5 Å². The maximum atomic E-state index is 5.91. The van der Waals surface area contributed by atoms with Gasteiger partial charge >= 0.3 is 0 Å². The van der Waals surface area contributed by atoms with Gasteiger partial charge in [-0.15, -0.1) is 0 Å². The van der Waals surface area contributed by atoms with E-state index >= 15 is 0 Å². The lowest BCUT2D eigenvalue weighted by molar-refractivity contribution is 0.466. The lowest BCUT2D eigenvalue weighted by Crippen LogP contribution is -1.79. The van der Waals surface area contributed by atoms with Crippen LogP contribution in [0.5, 0.6) is 0 Å². The van der Waals surface area contributed by atoms with Gasteiger partial charge in [0.2, 0.25) is 0 Å². The van der Waals surface area contributed by atoms with Crippen LogP contribution in [0.2, 0.25) is 0 Å². The summed E-state index contributed by atoms with van der Waals surface area (Å²) in [5.74, 6) is 0.734. The topological polar surface area (TPSA) is 25.5 Å². The standard InChI is InChI=1S/C20H18BrNOS/c1-13-5-8-17(9-6-13)24-20-18(21)11-16(23-20)12-22-19-10-14(2)4-7-15(19)3/h4-12H,1-3H3. The molecule has 0 fully saturated rings. The third kappa shape index (κ3) is 4.19. The lowest BCUT2D eigenvalue weighted by atomic mass is 10.1. The molecule has 0 unspecified atom stereocenters. The second-order valence-corrected chi connectivity index (χ2v) is 7.65. The van der Waals surface area contributed by atoms with Gasteiger partial charge in [0, 0.05) is 11.0 Å². The molecule has 2 aromatic carbocycles. The Morgan fingerprint density at radius 2 is 1.67 bits per heavy atom. The van der Waals surface area contributed by atoms with Gasteiger partial charge in [-0.05, 0) is 66.0 Å². The number of benzene rings is 2. The average Bonchev–Trinajstić information content (AvgIpc) is 2.90. The minimum absolute atomic E-state index is 0.734. The maximum Gasteiger partial charge on any atom is 0.179 e. The first kappa shape index (κ1) is 17.1. The predicted molar refractivity (Wildman–Crippen MR) is 105 cm³/mol. The molecule has 0 bridgehead atoms. The summed E-state index contributed by atoms with van der Waals surface area (Å²) in [5, 5.41) is 0.835. The molecular weight excluding hydrogens is 382 g/mol. The molecule has 1 aromatic heterocycles. The normalized spacial score (nSPS) is 11.3. The molecule has 122 valence electrons. The van der Waals surface area contributed by atoms with Gasteiger partial charge in [-0.1, -0.05) is 41.6 Å². The molecule has 4 heteroatoms. The molecule has 3 aromatic rings. The Morgan fingerprint density at radius 1 is 0.958 bits per heavy atom. The van der Waals surface area contributed by atoms with Crippen LogP contribution in [-0.2, 0) is 0 Å². The highest BCUT2D eigenvalue weighted by molar-refractivity contribution is 9.10. The van der Waals surface area contributed by atoms with Crippen LogP contribution in [-0.4, -0.2) is 6.21 Å². The Kier molecular flexibility index (Phi) is 5.27. The van der Waals surface area contributed by atoms with Crippen LogP contribution in [0, 0.1) is 20.8 Å². The number of aliphatic imine (C=N–C) groups is 1. The van der Waals surface area contributed by atoms with Crippen LogP contribution >= 0.6 is 27.7 Å². The van der Waals surface area contributed by atoms with Gasteiger partial charge < -0.3 is 4.42 Å². The number of furan rings is 1. The van der Waals surface area contributed by atoms with Crippen LogP contribution in [0.25, 0.3) is 0 Å². The largest absolute Gasteiger partial charge is 0.447 e. The van der Waals surface area contributed by atoms with Gasteiger partial charge in [0.05, 0.1) is 16.4 Å². The fraction of sp³-hybridized carbons (Fsp3) is 0.150. The predicted octanol–water partition coefficient (Wildman–Crippen LogP) is 6.87. The summed E-state index contributed by atoms with van der Waals surface area (Å²) in [5.41, 5.74) is 4.56. The minimum Gasteiger partial charge on any atom is -0.447 e. The van der Waals surface area contributed by atoms with Crippen molar-refractivity contribution in [1.29, 1.82) is 0 Å². The fourth-order valence-electron chi connectivity index (χ4n) is 2.21. The molecule has 24 heavy (non-hydrogen) atoms. The van der Waals surface area contributed by atoms with E-state index in [0.717, 1.165) is 31.5 Å². The summed E-state index contributed by atoms with van der Waals surface area (Å²) in [6, 6.07) is 16.6. The van der Waals surface area contributed by atoms with Gasteiger partial charge in [-0.25, -0.2) is 0 Å². The number of hydrogen-bond acceptors (Lipinski definition) is 3. The van der Waals surface area contributed by atoms with Gasteiger partial charge in [-0.3, -0.25) is 4.99 Å². The van der Waals surface area contributed by atoms with Gasteiger partial charge in [0.15, 0.2) is 5.09 Å². The van der Waals surface area contributed by atoms with E-state index in [1.165, 1.54) is 11.1 Å². The van der Waals surface area contributed by atoms with E-state index in [1.54, 1.807) is 18.0 Å². The minimum atomic E-state index is 0.734. The monoisotopic (exact) mass is 399 g/mol. The Balaban J connectivity index is 1.79. The van der Waals surface area contributed by atoms with Crippen molar-refractivity contribution < 1.29 is 4.42 Å². The number of halogens is 1.